The second-order valence-electron chi connectivity index (χ2n) is 1.61. The lowest BCUT2D eigenvalue weighted by molar-refractivity contribution is 0.351. The van der Waals surface area contributed by atoms with Gasteiger partial charge in [0.05, 0.1) is 0 Å². The van der Waals surface area contributed by atoms with E-state index in [9.17, 15) is 4.39 Å². The smallest absolute Gasteiger partial charge is 0.194 e. The van der Waals surface area contributed by atoms with E-state index < -0.39 is 6.30 Å². The maximum atomic E-state index is 12.4. The van der Waals surface area contributed by atoms with Crippen molar-refractivity contribution in [1.82, 2.24) is 0 Å². The van der Waals surface area contributed by atoms with E-state index in [-0.39, 0.29) is 11.6 Å². The lowest BCUT2D eigenvalue weighted by Gasteiger charge is -1.96. The Morgan fingerprint density at radius 3 is 2.70 bits per heavy atom. The summed E-state index contributed by atoms with van der Waals surface area (Å²) in [6.45, 7) is 6.67. The van der Waals surface area contributed by atoms with E-state index in [1.54, 1.807) is 0 Å². The van der Waals surface area contributed by atoms with E-state index >= 15 is 0 Å². The van der Waals surface area contributed by atoms with Gasteiger partial charge in [-0.05, 0) is 6.08 Å². The normalized spacial score (nSPS) is 14.4. The van der Waals surface area contributed by atoms with Crippen molar-refractivity contribution in [2.45, 2.75) is 12.7 Å². The minimum Gasteiger partial charge on any atom is -0.236 e. The topological polar surface area (TPSA) is 12.4 Å². The highest BCUT2D eigenvalue weighted by Gasteiger charge is 1.99. The van der Waals surface area contributed by atoms with Crippen molar-refractivity contribution in [3.63, 3.8) is 0 Å². The molecular weight excluding hydrogens is 153 g/mol. The standard InChI is InChI=1S/C7H9ClFN/c1-3-5-7(9)10-6(8)4-2/h3-4,7H,1-2,5H2. The highest BCUT2D eigenvalue weighted by atomic mass is 35.5. The summed E-state index contributed by atoms with van der Waals surface area (Å²) < 4.78 is 12.4. The van der Waals surface area contributed by atoms with Gasteiger partial charge in [0.15, 0.2) is 6.30 Å². The molecule has 0 saturated heterocycles. The van der Waals surface area contributed by atoms with Crippen LogP contribution in [0.2, 0.25) is 0 Å². The number of hydrogen-bond donors (Lipinski definition) is 0. The molecule has 0 amide bonds. The molecule has 0 N–H and O–H groups in total. The Hall–Kier alpha value is -0.630. The van der Waals surface area contributed by atoms with Crippen LogP contribution in [0.3, 0.4) is 0 Å². The number of hydrogen-bond acceptors (Lipinski definition) is 1. The molecule has 0 aliphatic heterocycles. The fourth-order valence-electron chi connectivity index (χ4n) is 0.377. The molecule has 0 fully saturated rings. The summed E-state index contributed by atoms with van der Waals surface area (Å²) in [6.07, 6.45) is 1.63. The van der Waals surface area contributed by atoms with Gasteiger partial charge in [-0.2, -0.15) is 0 Å². The van der Waals surface area contributed by atoms with Gasteiger partial charge in [-0.25, -0.2) is 9.38 Å². The van der Waals surface area contributed by atoms with Crippen LogP contribution in [-0.4, -0.2) is 11.5 Å². The second kappa shape index (κ2) is 5.18. The van der Waals surface area contributed by atoms with Gasteiger partial charge in [-0.1, -0.05) is 24.3 Å². The third kappa shape index (κ3) is 4.27. The van der Waals surface area contributed by atoms with Crippen molar-refractivity contribution < 1.29 is 4.39 Å². The maximum absolute atomic E-state index is 12.4. The summed E-state index contributed by atoms with van der Waals surface area (Å²) in [4.78, 5) is 3.41. The first kappa shape index (κ1) is 9.37. The fourth-order valence-corrected chi connectivity index (χ4v) is 0.483. The van der Waals surface area contributed by atoms with Crippen LogP contribution in [0.1, 0.15) is 6.42 Å². The zero-order valence-electron chi connectivity index (χ0n) is 5.56. The maximum Gasteiger partial charge on any atom is 0.194 e. The highest BCUT2D eigenvalue weighted by molar-refractivity contribution is 6.68. The SMILES string of the molecule is C=CCC(F)N=C(Cl)C=C. The molecule has 0 aromatic rings. The van der Waals surface area contributed by atoms with Crippen LogP contribution < -0.4 is 0 Å². The lowest BCUT2D eigenvalue weighted by Crippen LogP contribution is -1.95. The number of allylic oxidation sites excluding steroid dienone is 1. The van der Waals surface area contributed by atoms with Crippen molar-refractivity contribution in [1.29, 1.82) is 0 Å². The molecule has 0 saturated carbocycles. The van der Waals surface area contributed by atoms with Crippen LogP contribution in [-0.2, 0) is 0 Å². The van der Waals surface area contributed by atoms with Crippen molar-refractivity contribution in [2.75, 3.05) is 0 Å². The Kier molecular flexibility index (Phi) is 4.85. The van der Waals surface area contributed by atoms with Gasteiger partial charge in [0.2, 0.25) is 0 Å². The predicted molar refractivity (Wildman–Crippen MR) is 43.2 cm³/mol. The molecule has 1 atom stereocenters. The molecule has 1 nitrogen and oxygen atoms in total. The molecule has 1 unspecified atom stereocenters. The molecule has 0 radical (unpaired) electrons. The first-order valence-electron chi connectivity index (χ1n) is 2.81. The Balaban J connectivity index is 3.84. The first-order chi connectivity index (χ1) is 4.70. The second-order valence-corrected chi connectivity index (χ2v) is 2.00. The van der Waals surface area contributed by atoms with Gasteiger partial charge in [0, 0.05) is 6.42 Å². The highest BCUT2D eigenvalue weighted by Crippen LogP contribution is 2.02. The average Bonchev–Trinajstić information content (AvgIpc) is 1.88. The summed E-state index contributed by atoms with van der Waals surface area (Å²) >= 11 is 5.35. The van der Waals surface area contributed by atoms with Crippen LogP contribution in [0.5, 0.6) is 0 Å². The summed E-state index contributed by atoms with van der Waals surface area (Å²) in [5.41, 5.74) is 0. The third-order valence-corrected chi connectivity index (χ3v) is 1.04. The quantitative estimate of drug-likeness (QED) is 0.342. The summed E-state index contributed by atoms with van der Waals surface area (Å²) in [5.74, 6) is 0. The molecule has 0 bridgehead atoms. The number of rotatable bonds is 4. The Morgan fingerprint density at radius 1 is 1.70 bits per heavy atom. The molecule has 0 aliphatic carbocycles. The Morgan fingerprint density at radius 2 is 2.30 bits per heavy atom. The van der Waals surface area contributed by atoms with Gasteiger partial charge < -0.3 is 0 Å². The zero-order valence-corrected chi connectivity index (χ0v) is 6.31. The van der Waals surface area contributed by atoms with E-state index in [1.807, 2.05) is 0 Å². The van der Waals surface area contributed by atoms with E-state index in [0.29, 0.717) is 0 Å². The monoisotopic (exact) mass is 161 g/mol. The van der Waals surface area contributed by atoms with Gasteiger partial charge >= 0.3 is 0 Å². The van der Waals surface area contributed by atoms with Crippen LogP contribution in [0, 0.1) is 0 Å². The molecule has 56 valence electrons. The molecule has 0 aliphatic rings. The van der Waals surface area contributed by atoms with Crippen LogP contribution in [0.4, 0.5) is 4.39 Å². The largest absolute Gasteiger partial charge is 0.236 e. The van der Waals surface area contributed by atoms with Gasteiger partial charge in [0.1, 0.15) is 5.17 Å². The predicted octanol–water partition coefficient (Wildman–Crippen LogP) is 2.68. The minimum absolute atomic E-state index is 0.0920. The summed E-state index contributed by atoms with van der Waals surface area (Å²) in [6, 6.07) is 0. The van der Waals surface area contributed by atoms with Gasteiger partial charge in [-0.15, -0.1) is 6.58 Å². The fraction of sp³-hybridized carbons (Fsp3) is 0.286. The third-order valence-electron chi connectivity index (χ3n) is 0.793. The molecule has 0 aromatic carbocycles. The molecule has 0 spiro atoms. The van der Waals surface area contributed by atoms with E-state index in [2.05, 4.69) is 18.2 Å². The van der Waals surface area contributed by atoms with Crippen LogP contribution in [0.25, 0.3) is 0 Å². The van der Waals surface area contributed by atoms with Crippen molar-refractivity contribution in [2.24, 2.45) is 4.99 Å². The molecule has 0 rings (SSSR count). The number of halogens is 2. The molecule has 3 heteroatoms. The number of aliphatic imine (C=N–C) groups is 1. The average molecular weight is 162 g/mol. The number of nitrogens with zero attached hydrogens (tertiary/aromatic N) is 1. The molecule has 10 heavy (non-hydrogen) atoms. The number of alkyl halides is 1. The molecule has 0 aromatic heterocycles. The van der Waals surface area contributed by atoms with Gasteiger partial charge in [0.25, 0.3) is 0 Å². The van der Waals surface area contributed by atoms with Crippen molar-refractivity contribution in [3.8, 4) is 0 Å². The van der Waals surface area contributed by atoms with Gasteiger partial charge in [-0.3, -0.25) is 0 Å². The molecular formula is C7H9ClFN. The first-order valence-corrected chi connectivity index (χ1v) is 3.19. The van der Waals surface area contributed by atoms with Crippen LogP contribution in [0.15, 0.2) is 30.3 Å². The molecule has 0 heterocycles. The van der Waals surface area contributed by atoms with Crippen molar-refractivity contribution >= 4 is 16.8 Å². The van der Waals surface area contributed by atoms with Crippen LogP contribution >= 0.6 is 11.6 Å². The van der Waals surface area contributed by atoms with E-state index in [0.717, 1.165) is 0 Å². The summed E-state index contributed by atoms with van der Waals surface area (Å²) in [7, 11) is 0. The zero-order chi connectivity index (χ0) is 7.98. The minimum atomic E-state index is -1.29. The van der Waals surface area contributed by atoms with E-state index in [1.165, 1.54) is 12.2 Å². The Bertz CT molecular complexity index is 154. The van der Waals surface area contributed by atoms with E-state index in [4.69, 9.17) is 11.6 Å². The lowest BCUT2D eigenvalue weighted by atomic mass is 10.4. The Labute approximate surface area is 64.9 Å². The summed E-state index contributed by atoms with van der Waals surface area (Å²) in [5, 5.41) is 0.0920. The van der Waals surface area contributed by atoms with Crippen molar-refractivity contribution in [3.05, 3.63) is 25.3 Å².